The molecule has 0 saturated carbocycles. The van der Waals surface area contributed by atoms with Crippen molar-refractivity contribution in [2.75, 3.05) is 20.7 Å². The number of carbonyl (C=O) groups is 2. The fourth-order valence-corrected chi connectivity index (χ4v) is 2.62. The Hall–Kier alpha value is -2.83. The Balaban J connectivity index is 2.29. The van der Waals surface area contributed by atoms with Gasteiger partial charge in [0.1, 0.15) is 5.75 Å². The number of rotatable bonds is 7. The number of benzene rings is 1. The van der Waals surface area contributed by atoms with E-state index in [0.717, 1.165) is 17.1 Å². The Kier molecular flexibility index (Phi) is 5.80. The highest BCUT2D eigenvalue weighted by molar-refractivity contribution is 5.95. The summed E-state index contributed by atoms with van der Waals surface area (Å²) in [6.45, 7) is 3.67. The average Bonchev–Trinajstić information content (AvgIpc) is 3.04. The molecule has 0 aliphatic carbocycles. The first-order valence-corrected chi connectivity index (χ1v) is 8.08. The maximum atomic E-state index is 12.7. The van der Waals surface area contributed by atoms with Crippen molar-refractivity contribution >= 4 is 11.9 Å². The number of methoxy groups -OCH3 is 1. The molecule has 0 aliphatic rings. The van der Waals surface area contributed by atoms with Gasteiger partial charge in [-0.1, -0.05) is 13.8 Å². The van der Waals surface area contributed by atoms with Gasteiger partial charge in [0.05, 0.1) is 36.2 Å². The van der Waals surface area contributed by atoms with E-state index < -0.39 is 11.9 Å². The zero-order valence-corrected chi connectivity index (χ0v) is 14.9. The van der Waals surface area contributed by atoms with Crippen LogP contribution in [0.25, 0.3) is 5.69 Å². The summed E-state index contributed by atoms with van der Waals surface area (Å²) in [4.78, 5) is 25.1. The highest BCUT2D eigenvalue weighted by Gasteiger charge is 2.23. The van der Waals surface area contributed by atoms with Gasteiger partial charge in [0.25, 0.3) is 5.91 Å². The van der Waals surface area contributed by atoms with E-state index in [1.165, 1.54) is 11.1 Å². The maximum Gasteiger partial charge on any atom is 0.308 e. The normalized spacial score (nSPS) is 11.8. The third-order valence-corrected chi connectivity index (χ3v) is 4.07. The molecule has 1 N–H and O–H groups in total. The summed E-state index contributed by atoms with van der Waals surface area (Å²) >= 11 is 0. The molecule has 1 aromatic heterocycles. The largest absolute Gasteiger partial charge is 0.497 e. The van der Waals surface area contributed by atoms with Crippen molar-refractivity contribution in [3.05, 3.63) is 41.7 Å². The lowest BCUT2D eigenvalue weighted by Gasteiger charge is -2.19. The monoisotopic (exact) mass is 345 g/mol. The van der Waals surface area contributed by atoms with Gasteiger partial charge in [-0.25, -0.2) is 4.68 Å². The van der Waals surface area contributed by atoms with Crippen LogP contribution in [0.15, 0.2) is 30.5 Å². The molecule has 1 atom stereocenters. The highest BCUT2D eigenvalue weighted by atomic mass is 16.5. The summed E-state index contributed by atoms with van der Waals surface area (Å²) in [7, 11) is 3.21. The first kappa shape index (κ1) is 18.5. The maximum absolute atomic E-state index is 12.7. The fraction of sp³-hybridized carbons (Fsp3) is 0.389. The van der Waals surface area contributed by atoms with Crippen molar-refractivity contribution in [3.8, 4) is 11.4 Å². The molecular formula is C18H23N3O4. The number of carbonyl (C=O) groups excluding carboxylic acids is 1. The van der Waals surface area contributed by atoms with Gasteiger partial charge in [0, 0.05) is 13.6 Å². The fourth-order valence-electron chi connectivity index (χ4n) is 2.62. The van der Waals surface area contributed by atoms with Crippen molar-refractivity contribution in [1.29, 1.82) is 0 Å². The molecule has 2 aromatic rings. The molecule has 0 radical (unpaired) electrons. The van der Waals surface area contributed by atoms with Gasteiger partial charge in [0.15, 0.2) is 0 Å². The predicted octanol–water partition coefficient (Wildman–Crippen LogP) is 2.24. The van der Waals surface area contributed by atoms with E-state index in [9.17, 15) is 9.59 Å². The topological polar surface area (TPSA) is 84.7 Å². The van der Waals surface area contributed by atoms with Gasteiger partial charge < -0.3 is 14.7 Å². The van der Waals surface area contributed by atoms with Crippen LogP contribution < -0.4 is 4.74 Å². The van der Waals surface area contributed by atoms with Crippen molar-refractivity contribution in [3.63, 3.8) is 0 Å². The van der Waals surface area contributed by atoms with Gasteiger partial charge in [-0.05, 0) is 30.7 Å². The second kappa shape index (κ2) is 7.83. The lowest BCUT2D eigenvalue weighted by atomic mass is 10.1. The number of hydrogen-bond donors (Lipinski definition) is 1. The number of aromatic nitrogens is 2. The minimum absolute atomic E-state index is 0.144. The van der Waals surface area contributed by atoms with Gasteiger partial charge in [0.2, 0.25) is 0 Å². The predicted molar refractivity (Wildman–Crippen MR) is 93.3 cm³/mol. The molecular weight excluding hydrogens is 322 g/mol. The Morgan fingerprint density at radius 1 is 1.32 bits per heavy atom. The Morgan fingerprint density at radius 2 is 1.96 bits per heavy atom. The van der Waals surface area contributed by atoms with E-state index in [1.807, 2.05) is 31.2 Å². The van der Waals surface area contributed by atoms with Crippen molar-refractivity contribution in [2.24, 2.45) is 5.92 Å². The van der Waals surface area contributed by atoms with Crippen LogP contribution in [0, 0.1) is 5.92 Å². The van der Waals surface area contributed by atoms with Crippen LogP contribution in [-0.2, 0) is 11.2 Å². The van der Waals surface area contributed by atoms with Gasteiger partial charge in [-0.3, -0.25) is 9.59 Å². The first-order valence-electron chi connectivity index (χ1n) is 8.08. The number of carboxylic acid groups (broad SMARTS) is 1. The third kappa shape index (κ3) is 3.99. The Labute approximate surface area is 146 Å². The standard InChI is InChI=1S/C18H23N3O4/c1-5-16-15(17(22)20(3)11-12(2)18(23)24)10-19-21(16)13-6-8-14(25-4)9-7-13/h6-10,12H,5,11H2,1-4H3,(H,23,24). The number of ether oxygens (including phenoxy) is 1. The Bertz CT molecular complexity index is 752. The molecule has 0 bridgehead atoms. The molecule has 0 saturated heterocycles. The Morgan fingerprint density at radius 3 is 2.48 bits per heavy atom. The zero-order valence-electron chi connectivity index (χ0n) is 14.9. The molecule has 0 aliphatic heterocycles. The average molecular weight is 345 g/mol. The number of hydrogen-bond acceptors (Lipinski definition) is 4. The first-order chi connectivity index (χ1) is 11.9. The van der Waals surface area contributed by atoms with Crippen LogP contribution in [0.1, 0.15) is 29.9 Å². The molecule has 1 heterocycles. The molecule has 0 spiro atoms. The minimum Gasteiger partial charge on any atom is -0.497 e. The lowest BCUT2D eigenvalue weighted by molar-refractivity contribution is -0.141. The quantitative estimate of drug-likeness (QED) is 0.832. The molecule has 1 amide bonds. The number of carboxylic acids is 1. The smallest absolute Gasteiger partial charge is 0.308 e. The van der Waals surface area contributed by atoms with Crippen LogP contribution in [-0.4, -0.2) is 52.4 Å². The van der Waals surface area contributed by atoms with Gasteiger partial charge in [-0.2, -0.15) is 5.10 Å². The number of amides is 1. The van der Waals surface area contributed by atoms with Gasteiger partial charge >= 0.3 is 5.97 Å². The lowest BCUT2D eigenvalue weighted by Crippen LogP contribution is -2.34. The number of aliphatic carboxylic acids is 1. The van der Waals surface area contributed by atoms with E-state index in [1.54, 1.807) is 25.8 Å². The van der Waals surface area contributed by atoms with Crippen LogP contribution in [0.2, 0.25) is 0 Å². The van der Waals surface area contributed by atoms with E-state index in [2.05, 4.69) is 5.10 Å². The summed E-state index contributed by atoms with van der Waals surface area (Å²) in [6, 6.07) is 7.40. The van der Waals surface area contributed by atoms with E-state index in [0.29, 0.717) is 12.0 Å². The van der Waals surface area contributed by atoms with Crippen molar-refractivity contribution in [1.82, 2.24) is 14.7 Å². The summed E-state index contributed by atoms with van der Waals surface area (Å²) in [5, 5.41) is 13.4. The SMILES string of the molecule is CCc1c(C(=O)N(C)CC(C)C(=O)O)cnn1-c1ccc(OC)cc1. The number of nitrogens with zero attached hydrogens (tertiary/aromatic N) is 3. The molecule has 2 rings (SSSR count). The van der Waals surface area contributed by atoms with E-state index in [-0.39, 0.29) is 12.5 Å². The second-order valence-electron chi connectivity index (χ2n) is 5.89. The molecule has 134 valence electrons. The second-order valence-corrected chi connectivity index (χ2v) is 5.89. The minimum atomic E-state index is -0.927. The summed E-state index contributed by atoms with van der Waals surface area (Å²) < 4.78 is 6.88. The van der Waals surface area contributed by atoms with Crippen LogP contribution in [0.4, 0.5) is 0 Å². The molecule has 7 heteroatoms. The van der Waals surface area contributed by atoms with E-state index >= 15 is 0 Å². The summed E-state index contributed by atoms with van der Waals surface area (Å²) in [5.41, 5.74) is 2.10. The van der Waals surface area contributed by atoms with Gasteiger partial charge in [-0.15, -0.1) is 0 Å². The molecule has 0 fully saturated rings. The molecule has 7 nitrogen and oxygen atoms in total. The molecule has 1 aromatic carbocycles. The molecule has 25 heavy (non-hydrogen) atoms. The zero-order chi connectivity index (χ0) is 18.6. The third-order valence-electron chi connectivity index (χ3n) is 4.07. The molecule has 1 unspecified atom stereocenters. The van der Waals surface area contributed by atoms with Crippen molar-refractivity contribution < 1.29 is 19.4 Å². The van der Waals surface area contributed by atoms with Crippen LogP contribution in [0.5, 0.6) is 5.75 Å². The van der Waals surface area contributed by atoms with E-state index in [4.69, 9.17) is 9.84 Å². The summed E-state index contributed by atoms with van der Waals surface area (Å²) in [5.74, 6) is -1.04. The highest BCUT2D eigenvalue weighted by Crippen LogP contribution is 2.20. The van der Waals surface area contributed by atoms with Crippen molar-refractivity contribution in [2.45, 2.75) is 20.3 Å². The summed E-state index contributed by atoms with van der Waals surface area (Å²) in [6.07, 6.45) is 2.16. The van der Waals surface area contributed by atoms with Crippen LogP contribution >= 0.6 is 0 Å². The van der Waals surface area contributed by atoms with Crippen LogP contribution in [0.3, 0.4) is 0 Å².